The molecule has 3 aromatic heterocycles. The highest BCUT2D eigenvalue weighted by Gasteiger charge is 2.41. The van der Waals surface area contributed by atoms with Crippen molar-refractivity contribution in [2.45, 2.75) is 108 Å². The largest absolute Gasteiger partial charge is 0.478 e. The number of likely N-dealkylation sites (tertiary alicyclic amines) is 1. The normalized spacial score (nSPS) is 22.3. The quantitative estimate of drug-likeness (QED) is 0.169. The summed E-state index contributed by atoms with van der Waals surface area (Å²) >= 11 is 6.60. The Hall–Kier alpha value is -5.65. The van der Waals surface area contributed by atoms with Crippen molar-refractivity contribution in [1.29, 1.82) is 0 Å². The second-order valence-electron chi connectivity index (χ2n) is 17.5. The van der Waals surface area contributed by atoms with Gasteiger partial charge in [-0.15, -0.1) is 0 Å². The Morgan fingerprint density at radius 3 is 2.46 bits per heavy atom. The molecule has 0 bridgehead atoms. The van der Waals surface area contributed by atoms with E-state index < -0.39 is 11.9 Å². The Balaban J connectivity index is 0.739. The number of rotatable bonds is 12. The fourth-order valence-electron chi connectivity index (χ4n) is 9.62. The zero-order valence-corrected chi connectivity index (χ0v) is 36.5. The number of imide groups is 1. The predicted octanol–water partition coefficient (Wildman–Crippen LogP) is 4.45. The second kappa shape index (κ2) is 17.8. The van der Waals surface area contributed by atoms with Crippen LogP contribution in [0.3, 0.4) is 0 Å². The zero-order valence-electron chi connectivity index (χ0n) is 35.8. The lowest BCUT2D eigenvalue weighted by Gasteiger charge is -2.47. The van der Waals surface area contributed by atoms with E-state index in [1.165, 1.54) is 7.05 Å². The van der Waals surface area contributed by atoms with Crippen LogP contribution >= 0.6 is 11.6 Å². The minimum absolute atomic E-state index is 0.0936. The molecule has 7 heterocycles. The number of likely N-dealkylation sites (N-methyl/N-ethyl adjacent to an activating group) is 1. The molecule has 63 heavy (non-hydrogen) atoms. The van der Waals surface area contributed by atoms with Gasteiger partial charge in [-0.2, -0.15) is 4.98 Å². The highest BCUT2D eigenvalue weighted by Crippen LogP contribution is 2.37. The molecule has 4 aliphatic heterocycles. The number of benzene rings is 1. The summed E-state index contributed by atoms with van der Waals surface area (Å²) in [6, 6.07) is 10.9. The Morgan fingerprint density at radius 1 is 0.952 bits per heavy atom. The van der Waals surface area contributed by atoms with Gasteiger partial charge in [0.1, 0.15) is 11.1 Å². The van der Waals surface area contributed by atoms with Crippen molar-refractivity contribution in [2.75, 3.05) is 50.1 Å². The number of fused-ring (bicyclic) bond motifs is 2. The van der Waals surface area contributed by atoms with E-state index in [1.54, 1.807) is 21.7 Å². The van der Waals surface area contributed by atoms with Crippen molar-refractivity contribution in [3.05, 3.63) is 74.9 Å². The van der Waals surface area contributed by atoms with Gasteiger partial charge >= 0.3 is 0 Å². The maximum Gasteiger partial charge on any atom is 0.293 e. The van der Waals surface area contributed by atoms with Gasteiger partial charge in [0.2, 0.25) is 17.8 Å². The van der Waals surface area contributed by atoms with E-state index in [9.17, 15) is 24.0 Å². The summed E-state index contributed by atoms with van der Waals surface area (Å²) in [6.07, 6.45) is 8.43. The summed E-state index contributed by atoms with van der Waals surface area (Å²) < 4.78 is 13.9. The van der Waals surface area contributed by atoms with Gasteiger partial charge in [-0.05, 0) is 108 Å². The number of amides is 4. The minimum Gasteiger partial charge on any atom is -0.478 e. The molecule has 1 unspecified atom stereocenters. The molecule has 1 aromatic carbocycles. The number of hydrogen-bond donors (Lipinski definition) is 3. The van der Waals surface area contributed by atoms with E-state index in [-0.39, 0.29) is 60.3 Å². The fraction of sp³-hybridized carbons (Fsp3) is 0.511. The number of piperidine rings is 3. The van der Waals surface area contributed by atoms with Gasteiger partial charge in [0.15, 0.2) is 18.2 Å². The number of ether oxygens (including phenoxy) is 2. The van der Waals surface area contributed by atoms with Gasteiger partial charge in [0.25, 0.3) is 17.4 Å². The summed E-state index contributed by atoms with van der Waals surface area (Å²) in [6.45, 7) is 7.39. The van der Waals surface area contributed by atoms with Crippen LogP contribution < -0.4 is 31.1 Å². The summed E-state index contributed by atoms with van der Waals surface area (Å²) in [4.78, 5) is 82.9. The average molecular weight is 881 g/mol. The third-order valence-corrected chi connectivity index (χ3v) is 13.5. The first-order valence-corrected chi connectivity index (χ1v) is 22.4. The number of anilines is 3. The number of pyridine rings is 2. The molecule has 3 N–H and O–H groups in total. The topological polar surface area (TPSA) is 193 Å². The van der Waals surface area contributed by atoms with Crippen LogP contribution in [0.1, 0.15) is 98.9 Å². The van der Waals surface area contributed by atoms with Gasteiger partial charge in [-0.25, -0.2) is 4.98 Å². The third kappa shape index (κ3) is 8.82. The molecular weight excluding hydrogens is 828 g/mol. The molecule has 1 atom stereocenters. The molecule has 18 heteroatoms. The van der Waals surface area contributed by atoms with Crippen molar-refractivity contribution in [2.24, 2.45) is 0 Å². The van der Waals surface area contributed by atoms with Gasteiger partial charge in [0, 0.05) is 61.3 Å². The number of aromatic nitrogens is 4. The molecule has 3 saturated heterocycles. The van der Waals surface area contributed by atoms with Crippen molar-refractivity contribution < 1.29 is 28.7 Å². The second-order valence-corrected chi connectivity index (χ2v) is 17.9. The van der Waals surface area contributed by atoms with Crippen molar-refractivity contribution in [1.82, 2.24) is 40.0 Å². The molecule has 0 radical (unpaired) electrons. The molecule has 0 spiro atoms. The molecular formula is C45H53ClN10O7. The van der Waals surface area contributed by atoms with Gasteiger partial charge in [-0.3, -0.25) is 34.3 Å². The monoisotopic (exact) mass is 880 g/mol. The molecule has 332 valence electrons. The molecule has 4 fully saturated rings. The van der Waals surface area contributed by atoms with Crippen molar-refractivity contribution >= 4 is 63.6 Å². The van der Waals surface area contributed by atoms with Crippen LogP contribution in [0.15, 0.2) is 47.4 Å². The van der Waals surface area contributed by atoms with Crippen LogP contribution in [-0.2, 0) is 25.7 Å². The number of nitrogens with one attached hydrogen (secondary N) is 3. The number of carbonyl (C=O) groups excluding carboxylic acids is 4. The first-order valence-electron chi connectivity index (χ1n) is 22.0. The highest BCUT2D eigenvalue weighted by molar-refractivity contribution is 6.33. The van der Waals surface area contributed by atoms with Crippen LogP contribution in [0.5, 0.6) is 5.75 Å². The smallest absolute Gasteiger partial charge is 0.293 e. The van der Waals surface area contributed by atoms with Crippen molar-refractivity contribution in [3.63, 3.8) is 0 Å². The molecule has 5 aliphatic rings. The molecule has 1 aliphatic carbocycles. The SMILES string of the molecule is CNC(=O)COc1cc2cc(Nc3nc(N4CCC(OC5CC(N6CCC(c7ccc8c(n7)CN(C7CCC(=O)NC7=O)C8=O)CC6)C5)CC4)ncc3Cl)ccc2n(C(C)C)c1=O. The predicted molar refractivity (Wildman–Crippen MR) is 235 cm³/mol. The minimum atomic E-state index is -0.637. The van der Waals surface area contributed by atoms with Crippen LogP contribution in [-0.4, -0.2) is 117 Å². The maximum absolute atomic E-state index is 13.2. The summed E-state index contributed by atoms with van der Waals surface area (Å²) in [5.74, 6) is 0.246. The van der Waals surface area contributed by atoms with E-state index in [4.69, 9.17) is 31.0 Å². The lowest BCUT2D eigenvalue weighted by molar-refractivity contribution is -0.137. The van der Waals surface area contributed by atoms with E-state index >= 15 is 0 Å². The molecule has 1 saturated carbocycles. The Labute approximate surface area is 369 Å². The van der Waals surface area contributed by atoms with E-state index in [2.05, 4.69) is 30.7 Å². The number of nitrogens with zero attached hydrogens (tertiary/aromatic N) is 7. The molecule has 17 nitrogen and oxygen atoms in total. The van der Waals surface area contributed by atoms with Crippen LogP contribution in [0.25, 0.3) is 10.9 Å². The van der Waals surface area contributed by atoms with Crippen LogP contribution in [0.2, 0.25) is 5.02 Å². The molecule has 9 rings (SSSR count). The van der Waals surface area contributed by atoms with Gasteiger partial charge in [-0.1, -0.05) is 11.6 Å². The zero-order chi connectivity index (χ0) is 43.9. The lowest BCUT2D eigenvalue weighted by Crippen LogP contribution is -2.52. The van der Waals surface area contributed by atoms with Crippen molar-refractivity contribution in [3.8, 4) is 5.75 Å². The van der Waals surface area contributed by atoms with Crippen LogP contribution in [0, 0.1) is 0 Å². The van der Waals surface area contributed by atoms with Crippen LogP contribution in [0.4, 0.5) is 17.5 Å². The molecule has 4 amide bonds. The third-order valence-electron chi connectivity index (χ3n) is 13.2. The van der Waals surface area contributed by atoms with E-state index in [1.807, 2.05) is 44.2 Å². The molecule has 4 aromatic rings. The van der Waals surface area contributed by atoms with E-state index in [0.29, 0.717) is 53.0 Å². The summed E-state index contributed by atoms with van der Waals surface area (Å²) in [7, 11) is 1.51. The number of carbonyl (C=O) groups is 4. The van der Waals surface area contributed by atoms with Gasteiger partial charge < -0.3 is 39.4 Å². The number of hydrogen-bond acceptors (Lipinski definition) is 13. The fourth-order valence-corrected chi connectivity index (χ4v) is 9.75. The number of halogens is 1. The van der Waals surface area contributed by atoms with Gasteiger partial charge in [0.05, 0.1) is 41.7 Å². The Kier molecular flexibility index (Phi) is 12.1. The van der Waals surface area contributed by atoms with E-state index in [0.717, 1.165) is 87.0 Å². The standard InChI is InChI=1S/C45H53ClN10O7/c1-25(2)56-36-7-4-28(18-27(36)19-38(44(56)61)62-24-40(58)47-3)49-41-33(46)22-48-45(52-41)54-16-12-30(13-17-54)63-31-20-29(21-31)53-14-10-26(11-15-53)34-6-5-32-35(50-34)23-55(43(32)60)37-8-9-39(57)51-42(37)59/h4-7,18-19,22,25-26,29-31,37H,8-17,20-21,23-24H2,1-3H3,(H,47,58)(H,48,49,52)(H,51,57,59). The summed E-state index contributed by atoms with van der Waals surface area (Å²) in [5.41, 5.74) is 3.43. The lowest BCUT2D eigenvalue weighted by atomic mass is 9.84. The Morgan fingerprint density at radius 2 is 1.73 bits per heavy atom. The highest BCUT2D eigenvalue weighted by atomic mass is 35.5. The maximum atomic E-state index is 13.2. The Bertz CT molecular complexity index is 2490. The first-order chi connectivity index (χ1) is 30.4. The average Bonchev–Trinajstić information content (AvgIpc) is 3.59. The summed E-state index contributed by atoms with van der Waals surface area (Å²) in [5, 5.41) is 9.33. The first kappa shape index (κ1) is 42.6.